The predicted octanol–water partition coefficient (Wildman–Crippen LogP) is -0.361. The molecule has 1 aliphatic rings. The van der Waals surface area contributed by atoms with E-state index in [1.54, 1.807) is 6.08 Å². The van der Waals surface area contributed by atoms with E-state index in [0.29, 0.717) is 6.42 Å². The van der Waals surface area contributed by atoms with Crippen molar-refractivity contribution >= 4 is 5.91 Å². The summed E-state index contributed by atoms with van der Waals surface area (Å²) in [5, 5.41) is 31.6. The molecule has 5 unspecified atom stereocenters. The van der Waals surface area contributed by atoms with Gasteiger partial charge >= 0.3 is 0 Å². The molecule has 0 saturated carbocycles. The van der Waals surface area contributed by atoms with E-state index in [1.165, 1.54) is 7.11 Å². The first kappa shape index (κ1) is 21.1. The minimum Gasteiger partial charge on any atom is -0.394 e. The van der Waals surface area contributed by atoms with Crippen molar-refractivity contribution in [3.05, 3.63) is 36.5 Å². The van der Waals surface area contributed by atoms with Crippen LogP contribution in [0.2, 0.25) is 0 Å². The van der Waals surface area contributed by atoms with Gasteiger partial charge in [-0.3, -0.25) is 4.79 Å². The molecule has 1 heterocycles. The summed E-state index contributed by atoms with van der Waals surface area (Å²) in [6, 6.07) is -1.01. The van der Waals surface area contributed by atoms with E-state index in [0.717, 1.165) is 5.57 Å². The Kier molecular flexibility index (Phi) is 9.13. The fourth-order valence-corrected chi connectivity index (χ4v) is 2.27. The third-order valence-corrected chi connectivity index (χ3v) is 3.67. The van der Waals surface area contributed by atoms with Crippen LogP contribution >= 0.6 is 0 Å². The molecule has 0 bridgehead atoms. The zero-order chi connectivity index (χ0) is 18.8. The van der Waals surface area contributed by atoms with Crippen LogP contribution in [-0.4, -0.2) is 65.6 Å². The number of rotatable bonds is 6. The second-order valence-corrected chi connectivity index (χ2v) is 5.39. The molecule has 1 amide bonds. The Hall–Kier alpha value is -1.95. The number of aliphatic hydroxyl groups is 3. The molecule has 5 atom stereocenters. The Morgan fingerprint density at radius 2 is 2.12 bits per heavy atom. The van der Waals surface area contributed by atoms with Crippen LogP contribution in [0.15, 0.2) is 36.5 Å². The Bertz CT molecular complexity index is 572. The van der Waals surface area contributed by atoms with E-state index in [1.807, 2.05) is 25.2 Å². The first-order valence-corrected chi connectivity index (χ1v) is 7.87. The normalized spacial score (nSPS) is 29.8. The van der Waals surface area contributed by atoms with Crippen LogP contribution < -0.4 is 5.32 Å². The Balaban J connectivity index is 2.72. The van der Waals surface area contributed by atoms with Crippen molar-refractivity contribution in [1.82, 2.24) is 5.32 Å². The average molecular weight is 351 g/mol. The van der Waals surface area contributed by atoms with Crippen LogP contribution in [-0.2, 0) is 14.3 Å². The van der Waals surface area contributed by atoms with Crippen molar-refractivity contribution in [3.63, 3.8) is 0 Å². The van der Waals surface area contributed by atoms with Crippen LogP contribution in [0.3, 0.4) is 0 Å². The molecule has 25 heavy (non-hydrogen) atoms. The third-order valence-electron chi connectivity index (χ3n) is 3.67. The van der Waals surface area contributed by atoms with E-state index < -0.39 is 43.2 Å². The largest absolute Gasteiger partial charge is 0.394 e. The van der Waals surface area contributed by atoms with Crippen LogP contribution in [0.1, 0.15) is 13.3 Å². The SMILES string of the molecule is C=CC(=CC=CC)CC#CC(=O)NC1C(OC)OC(CO)C(O)C1O. The number of ether oxygens (including phenoxy) is 2. The highest BCUT2D eigenvalue weighted by molar-refractivity contribution is 5.93. The zero-order valence-electron chi connectivity index (χ0n) is 14.4. The number of carbonyl (C=O) groups excluding carboxylic acids is 1. The molecule has 1 saturated heterocycles. The molecule has 0 spiro atoms. The van der Waals surface area contributed by atoms with E-state index in [4.69, 9.17) is 14.6 Å². The van der Waals surface area contributed by atoms with Gasteiger partial charge in [-0.1, -0.05) is 36.8 Å². The van der Waals surface area contributed by atoms with E-state index in [9.17, 15) is 15.0 Å². The van der Waals surface area contributed by atoms with Crippen molar-refractivity contribution in [2.24, 2.45) is 0 Å². The number of nitrogens with one attached hydrogen (secondary N) is 1. The highest BCUT2D eigenvalue weighted by atomic mass is 16.7. The molecular weight excluding hydrogens is 326 g/mol. The quantitative estimate of drug-likeness (QED) is 0.384. The van der Waals surface area contributed by atoms with Gasteiger partial charge < -0.3 is 30.1 Å². The van der Waals surface area contributed by atoms with Crippen molar-refractivity contribution in [2.45, 2.75) is 44.0 Å². The number of amides is 1. The standard InChI is InChI=1S/C18H25NO6/c1-4-6-8-12(5-2)9-7-10-14(21)19-15-17(23)16(22)13(11-20)25-18(15)24-3/h4-6,8,13,15-18,20,22-23H,2,9,11H2,1,3H3,(H,19,21). The van der Waals surface area contributed by atoms with Gasteiger partial charge in [-0.05, 0) is 18.4 Å². The van der Waals surface area contributed by atoms with Gasteiger partial charge in [-0.25, -0.2) is 0 Å². The van der Waals surface area contributed by atoms with Gasteiger partial charge in [0.25, 0.3) is 5.91 Å². The number of carbonyl (C=O) groups is 1. The minimum atomic E-state index is -1.36. The average Bonchev–Trinajstić information content (AvgIpc) is 2.62. The number of aliphatic hydroxyl groups excluding tert-OH is 3. The summed E-state index contributed by atoms with van der Waals surface area (Å²) >= 11 is 0. The summed E-state index contributed by atoms with van der Waals surface area (Å²) in [5.74, 6) is 4.48. The zero-order valence-corrected chi connectivity index (χ0v) is 14.4. The number of allylic oxidation sites excluding steroid dienone is 5. The maximum atomic E-state index is 12.0. The molecule has 0 aromatic rings. The van der Waals surface area contributed by atoms with Crippen LogP contribution in [0.25, 0.3) is 0 Å². The number of hydrogen-bond acceptors (Lipinski definition) is 6. The van der Waals surface area contributed by atoms with Crippen molar-refractivity contribution in [1.29, 1.82) is 0 Å². The monoisotopic (exact) mass is 351 g/mol. The lowest BCUT2D eigenvalue weighted by molar-refractivity contribution is -0.262. The summed E-state index contributed by atoms with van der Waals surface area (Å²) in [6.45, 7) is 5.07. The molecule has 0 aromatic heterocycles. The molecule has 1 rings (SSSR count). The molecule has 1 aliphatic heterocycles. The molecule has 7 heteroatoms. The Labute approximate surface area is 147 Å². The minimum absolute atomic E-state index is 0.341. The fourth-order valence-electron chi connectivity index (χ4n) is 2.27. The van der Waals surface area contributed by atoms with Crippen LogP contribution in [0.5, 0.6) is 0 Å². The molecule has 138 valence electrons. The van der Waals surface area contributed by atoms with E-state index in [-0.39, 0.29) is 0 Å². The second-order valence-electron chi connectivity index (χ2n) is 5.39. The smallest absolute Gasteiger partial charge is 0.296 e. The summed E-state index contributed by atoms with van der Waals surface area (Å²) in [7, 11) is 1.33. The molecule has 1 fully saturated rings. The van der Waals surface area contributed by atoms with Crippen molar-refractivity contribution in [3.8, 4) is 11.8 Å². The van der Waals surface area contributed by atoms with E-state index >= 15 is 0 Å². The van der Waals surface area contributed by atoms with Gasteiger partial charge in [-0.15, -0.1) is 0 Å². The lowest BCUT2D eigenvalue weighted by Gasteiger charge is -2.41. The summed E-state index contributed by atoms with van der Waals surface area (Å²) < 4.78 is 10.4. The molecule has 0 aromatic carbocycles. The second kappa shape index (κ2) is 10.8. The van der Waals surface area contributed by atoms with Gasteiger partial charge in [0, 0.05) is 13.5 Å². The van der Waals surface area contributed by atoms with Gasteiger partial charge in [0.1, 0.15) is 24.4 Å². The Morgan fingerprint density at radius 1 is 1.40 bits per heavy atom. The maximum absolute atomic E-state index is 12.0. The van der Waals surface area contributed by atoms with Crippen LogP contribution in [0, 0.1) is 11.8 Å². The molecule has 0 aliphatic carbocycles. The van der Waals surface area contributed by atoms with Gasteiger partial charge in [-0.2, -0.15) is 0 Å². The van der Waals surface area contributed by atoms with Gasteiger partial charge in [0.05, 0.1) is 6.61 Å². The lowest BCUT2D eigenvalue weighted by Crippen LogP contribution is -2.64. The molecular formula is C18H25NO6. The number of methoxy groups -OCH3 is 1. The van der Waals surface area contributed by atoms with Crippen LogP contribution in [0.4, 0.5) is 0 Å². The molecule has 7 nitrogen and oxygen atoms in total. The highest BCUT2D eigenvalue weighted by Gasteiger charge is 2.45. The maximum Gasteiger partial charge on any atom is 0.296 e. The van der Waals surface area contributed by atoms with Crippen molar-refractivity contribution in [2.75, 3.05) is 13.7 Å². The van der Waals surface area contributed by atoms with Gasteiger partial charge in [0.2, 0.25) is 0 Å². The fraction of sp³-hybridized carbons (Fsp3) is 0.500. The van der Waals surface area contributed by atoms with E-state index in [2.05, 4.69) is 23.7 Å². The summed E-state index contributed by atoms with van der Waals surface area (Å²) in [4.78, 5) is 12.0. The van der Waals surface area contributed by atoms with Gasteiger partial charge in [0.15, 0.2) is 6.29 Å². The molecule has 0 radical (unpaired) electrons. The summed E-state index contributed by atoms with van der Waals surface area (Å²) in [5.41, 5.74) is 0.857. The first-order chi connectivity index (χ1) is 12.0. The summed E-state index contributed by atoms with van der Waals surface area (Å²) in [6.07, 6.45) is 2.81. The number of hydrogen-bond donors (Lipinski definition) is 4. The van der Waals surface area contributed by atoms with Crippen molar-refractivity contribution < 1.29 is 29.6 Å². The lowest BCUT2D eigenvalue weighted by atomic mass is 9.97. The molecule has 4 N–H and O–H groups in total. The third kappa shape index (κ3) is 6.12. The topological polar surface area (TPSA) is 108 Å². The predicted molar refractivity (Wildman–Crippen MR) is 92.2 cm³/mol. The highest BCUT2D eigenvalue weighted by Crippen LogP contribution is 2.21. The first-order valence-electron chi connectivity index (χ1n) is 7.87. The Morgan fingerprint density at radius 3 is 2.68 bits per heavy atom.